The van der Waals surface area contributed by atoms with Gasteiger partial charge in [-0.3, -0.25) is 4.98 Å². The van der Waals surface area contributed by atoms with Crippen LogP contribution in [0.4, 0.5) is 0 Å². The van der Waals surface area contributed by atoms with Gasteiger partial charge in [0.2, 0.25) is 4.77 Å². The van der Waals surface area contributed by atoms with Crippen molar-refractivity contribution in [2.45, 2.75) is 6.92 Å². The number of nitrogens with zero attached hydrogens (tertiary/aromatic N) is 2. The largest absolute Gasteiger partial charge is 0.357 e. The van der Waals surface area contributed by atoms with Gasteiger partial charge in [-0.2, -0.15) is 10.1 Å². The van der Waals surface area contributed by atoms with Crippen LogP contribution in [0, 0.1) is 11.7 Å². The molecule has 0 unspecified atom stereocenters. The molecule has 0 aliphatic carbocycles. The third-order valence-electron chi connectivity index (χ3n) is 1.57. The molecule has 4 nitrogen and oxygen atoms in total. The Balaban J connectivity index is 2.47. The Hall–Kier alpha value is -1.49. The molecule has 0 radical (unpaired) electrons. The molecule has 0 saturated carbocycles. The van der Waals surface area contributed by atoms with Gasteiger partial charge in [0, 0.05) is 6.20 Å². The van der Waals surface area contributed by atoms with Crippen LogP contribution >= 0.6 is 12.2 Å². The highest BCUT2D eigenvalue weighted by Crippen LogP contribution is 2.12. The molecule has 2 heterocycles. The van der Waals surface area contributed by atoms with E-state index in [-0.39, 0.29) is 0 Å². The Morgan fingerprint density at radius 2 is 2.31 bits per heavy atom. The summed E-state index contributed by atoms with van der Waals surface area (Å²) in [7, 11) is 0. The minimum atomic E-state index is 0.331. The Labute approximate surface area is 79.6 Å². The zero-order valence-electron chi connectivity index (χ0n) is 6.94. The first-order valence-electron chi connectivity index (χ1n) is 3.74. The molecule has 0 saturated heterocycles. The number of aromatic amines is 1. The maximum absolute atomic E-state index is 4.99. The molecule has 0 atom stereocenters. The van der Waals surface area contributed by atoms with Gasteiger partial charge in [0.25, 0.3) is 5.89 Å². The molecule has 0 aliphatic rings. The molecule has 0 spiro atoms. The first-order valence-corrected chi connectivity index (χ1v) is 4.15. The third-order valence-corrected chi connectivity index (χ3v) is 1.74. The summed E-state index contributed by atoms with van der Waals surface area (Å²) in [5, 5.41) is 2.47. The predicted molar refractivity (Wildman–Crippen MR) is 49.7 cm³/mol. The highest BCUT2D eigenvalue weighted by atomic mass is 32.1. The number of hydrogen-bond donors (Lipinski definition) is 1. The summed E-state index contributed by atoms with van der Waals surface area (Å²) in [5.41, 5.74) is 1.77. The van der Waals surface area contributed by atoms with Crippen molar-refractivity contribution in [3.05, 3.63) is 28.7 Å². The SMILES string of the molecule is Cc1ccc(-c2nc(=S)[nH]o2)nc1. The fourth-order valence-corrected chi connectivity index (χ4v) is 1.06. The van der Waals surface area contributed by atoms with E-state index in [0.29, 0.717) is 16.4 Å². The highest BCUT2D eigenvalue weighted by molar-refractivity contribution is 7.71. The van der Waals surface area contributed by atoms with E-state index in [4.69, 9.17) is 16.7 Å². The van der Waals surface area contributed by atoms with Crippen LogP contribution < -0.4 is 0 Å². The van der Waals surface area contributed by atoms with Crippen molar-refractivity contribution < 1.29 is 4.52 Å². The van der Waals surface area contributed by atoms with E-state index >= 15 is 0 Å². The summed E-state index contributed by atoms with van der Waals surface area (Å²) in [6.45, 7) is 1.97. The zero-order chi connectivity index (χ0) is 9.26. The average molecular weight is 193 g/mol. The van der Waals surface area contributed by atoms with Crippen molar-refractivity contribution in [3.63, 3.8) is 0 Å². The standard InChI is InChI=1S/C8H7N3OS/c1-5-2-3-6(9-4-5)7-10-8(13)11-12-7/h2-4H,1H3,(H,11,13). The van der Waals surface area contributed by atoms with Crippen LogP contribution in [-0.2, 0) is 0 Å². The van der Waals surface area contributed by atoms with E-state index in [9.17, 15) is 0 Å². The van der Waals surface area contributed by atoms with Gasteiger partial charge < -0.3 is 4.52 Å². The van der Waals surface area contributed by atoms with Crippen molar-refractivity contribution in [2.75, 3.05) is 0 Å². The molecule has 1 N–H and O–H groups in total. The molecule has 0 aliphatic heterocycles. The summed E-state index contributed by atoms with van der Waals surface area (Å²) < 4.78 is 5.32. The fraction of sp³-hybridized carbons (Fsp3) is 0.125. The van der Waals surface area contributed by atoms with E-state index < -0.39 is 0 Å². The monoisotopic (exact) mass is 193 g/mol. The molecule has 0 aromatic carbocycles. The lowest BCUT2D eigenvalue weighted by atomic mass is 10.3. The fourth-order valence-electron chi connectivity index (χ4n) is 0.934. The molecule has 2 rings (SSSR count). The zero-order valence-corrected chi connectivity index (χ0v) is 7.76. The number of nitrogens with one attached hydrogen (secondary N) is 1. The van der Waals surface area contributed by atoms with Gasteiger partial charge in [-0.25, -0.2) is 0 Å². The van der Waals surface area contributed by atoms with Gasteiger partial charge in [0.15, 0.2) is 0 Å². The molecule has 5 heteroatoms. The lowest BCUT2D eigenvalue weighted by Gasteiger charge is -1.93. The second-order valence-electron chi connectivity index (χ2n) is 2.65. The molecule has 66 valence electrons. The number of hydrogen-bond acceptors (Lipinski definition) is 4. The first-order chi connectivity index (χ1) is 6.25. The van der Waals surface area contributed by atoms with Crippen molar-refractivity contribution in [1.29, 1.82) is 0 Å². The number of aryl methyl sites for hydroxylation is 1. The minimum absolute atomic E-state index is 0.331. The number of pyridine rings is 1. The summed E-state index contributed by atoms with van der Waals surface area (Å²) in [6.07, 6.45) is 1.75. The minimum Gasteiger partial charge on any atom is -0.357 e. The maximum atomic E-state index is 4.99. The molecular weight excluding hydrogens is 186 g/mol. The second kappa shape index (κ2) is 3.10. The van der Waals surface area contributed by atoms with Crippen LogP contribution in [0.25, 0.3) is 11.6 Å². The van der Waals surface area contributed by atoms with Gasteiger partial charge in [0.1, 0.15) is 5.69 Å². The smallest absolute Gasteiger partial charge is 0.274 e. The lowest BCUT2D eigenvalue weighted by molar-refractivity contribution is 0.426. The molecule has 2 aromatic rings. The van der Waals surface area contributed by atoms with Crippen molar-refractivity contribution >= 4 is 12.2 Å². The van der Waals surface area contributed by atoms with E-state index in [1.165, 1.54) is 0 Å². The number of H-pyrrole nitrogens is 1. The molecule has 13 heavy (non-hydrogen) atoms. The van der Waals surface area contributed by atoms with Crippen molar-refractivity contribution in [3.8, 4) is 11.6 Å². The quantitative estimate of drug-likeness (QED) is 0.705. The first kappa shape index (κ1) is 8.12. The van der Waals surface area contributed by atoms with Gasteiger partial charge in [-0.05, 0) is 30.8 Å². The van der Waals surface area contributed by atoms with Crippen LogP contribution in [0.5, 0.6) is 0 Å². The molecule has 0 bridgehead atoms. The Morgan fingerprint density at radius 3 is 2.85 bits per heavy atom. The van der Waals surface area contributed by atoms with Crippen molar-refractivity contribution in [2.24, 2.45) is 0 Å². The van der Waals surface area contributed by atoms with Gasteiger partial charge in [-0.15, -0.1) is 0 Å². The summed E-state index contributed by atoms with van der Waals surface area (Å²) in [4.78, 5) is 8.08. The normalized spacial score (nSPS) is 10.2. The third kappa shape index (κ3) is 1.65. The van der Waals surface area contributed by atoms with Crippen LogP contribution in [-0.4, -0.2) is 15.1 Å². The summed E-state index contributed by atoms with van der Waals surface area (Å²) >= 11 is 4.77. The predicted octanol–water partition coefficient (Wildman–Crippen LogP) is 2.10. The lowest BCUT2D eigenvalue weighted by Crippen LogP contribution is -1.83. The molecule has 0 amide bonds. The van der Waals surface area contributed by atoms with Gasteiger partial charge >= 0.3 is 0 Å². The van der Waals surface area contributed by atoms with E-state index in [2.05, 4.69) is 15.1 Å². The van der Waals surface area contributed by atoms with Crippen LogP contribution in [0.2, 0.25) is 0 Å². The maximum Gasteiger partial charge on any atom is 0.274 e. The van der Waals surface area contributed by atoms with Crippen LogP contribution in [0.3, 0.4) is 0 Å². The van der Waals surface area contributed by atoms with Crippen LogP contribution in [0.1, 0.15) is 5.56 Å². The number of aromatic nitrogens is 3. The topological polar surface area (TPSA) is 54.7 Å². The molecule has 2 aromatic heterocycles. The Kier molecular flexibility index (Phi) is 1.94. The second-order valence-corrected chi connectivity index (χ2v) is 3.03. The highest BCUT2D eigenvalue weighted by Gasteiger charge is 2.03. The Bertz CT molecular complexity index is 457. The average Bonchev–Trinajstić information content (AvgIpc) is 2.53. The van der Waals surface area contributed by atoms with Gasteiger partial charge in [-0.1, -0.05) is 6.07 Å². The van der Waals surface area contributed by atoms with Crippen LogP contribution in [0.15, 0.2) is 22.9 Å². The van der Waals surface area contributed by atoms with E-state index in [0.717, 1.165) is 5.56 Å². The Morgan fingerprint density at radius 1 is 1.46 bits per heavy atom. The van der Waals surface area contributed by atoms with Crippen molar-refractivity contribution in [1.82, 2.24) is 15.1 Å². The summed E-state index contributed by atoms with van der Waals surface area (Å²) in [6, 6.07) is 3.78. The molecular formula is C8H7N3OS. The summed E-state index contributed by atoms with van der Waals surface area (Å²) in [5.74, 6) is 0.421. The van der Waals surface area contributed by atoms with Gasteiger partial charge in [0.05, 0.1) is 0 Å². The van der Waals surface area contributed by atoms with E-state index in [1.54, 1.807) is 6.20 Å². The van der Waals surface area contributed by atoms with E-state index in [1.807, 2.05) is 19.1 Å². The molecule has 0 fully saturated rings. The number of rotatable bonds is 1.